The Morgan fingerprint density at radius 3 is 0.615 bits per heavy atom. The summed E-state index contributed by atoms with van der Waals surface area (Å²) in [4.78, 5) is 74.9. The maximum atomic E-state index is 12.6. The van der Waals surface area contributed by atoms with Gasteiger partial charge in [-0.2, -0.15) is 0 Å². The smallest absolute Gasteiger partial charge is 0.306 e. The number of carbonyl (C=O) groups is 4. The Hall–Kier alpha value is -1.98. The van der Waals surface area contributed by atoms with Gasteiger partial charge in [0.05, 0.1) is 55.5 Å². The largest absolute Gasteiger partial charge is 0.756 e. The summed E-state index contributed by atoms with van der Waals surface area (Å²) in [6.07, 6.45) is 68.1. The Balaban J connectivity index is 0. The summed E-state index contributed by atoms with van der Waals surface area (Å²) >= 11 is 0. The molecule has 4 atom stereocenters. The second-order valence-electron chi connectivity index (χ2n) is 32.2. The number of rotatable bonds is 80. The Morgan fingerprint density at radius 2 is 0.433 bits per heavy atom. The lowest BCUT2D eigenvalue weighted by atomic mass is 10.0. The summed E-state index contributed by atoms with van der Waals surface area (Å²) in [5.41, 5.74) is 0. The van der Waals surface area contributed by atoms with E-state index >= 15 is 0 Å². The van der Waals surface area contributed by atoms with Gasteiger partial charge in [-0.3, -0.25) is 28.3 Å². The summed E-state index contributed by atoms with van der Waals surface area (Å²) in [6.45, 7) is 8.51. The van der Waals surface area contributed by atoms with Crippen molar-refractivity contribution in [2.45, 2.75) is 425 Å². The SMILES string of the molecule is CCCCCCCCCCCCCCCCCC(=O)O[C@H](COC(=O)CCCCCCCCCCCCCCC)COP(=O)([O-])OCC[N+](C)(C)C.CCCCCCCCCCCCCCCCCC(=O)O[C@H](COC(=O)CCCCCCCCCCCCCCC)COP(=O)([O-])OCC[N+](C)(C)C. The average Bonchev–Trinajstić information content (AvgIpc) is 0.920. The molecule has 0 amide bonds. The van der Waals surface area contributed by atoms with Crippen molar-refractivity contribution in [2.75, 3.05) is 95.0 Å². The van der Waals surface area contributed by atoms with E-state index in [2.05, 4.69) is 27.7 Å². The van der Waals surface area contributed by atoms with Crippen LogP contribution in [0, 0.1) is 0 Å². The standard InChI is InChI=1S/2C42H84NO8P/c2*1-6-8-10-12-14-16-18-20-21-23-25-27-29-31-33-35-42(45)51-40(39-50-52(46,47)49-37-36-43(3,4)5)38-48-41(44)34-32-30-28-26-24-22-19-17-15-13-11-9-7-2/h2*40H,6-39H2,1-5H3/t2*40-/m11/s1. The highest BCUT2D eigenvalue weighted by atomic mass is 31.2. The summed E-state index contributed by atoms with van der Waals surface area (Å²) in [7, 11) is 2.36. The predicted octanol–water partition coefficient (Wildman–Crippen LogP) is 22.8. The van der Waals surface area contributed by atoms with E-state index in [0.29, 0.717) is 34.9 Å². The number of unbranched alkanes of at least 4 members (excludes halogenated alkanes) is 52. The molecule has 0 rings (SSSR count). The third kappa shape index (κ3) is 84.0. The van der Waals surface area contributed by atoms with Crippen LogP contribution in [0.25, 0.3) is 0 Å². The lowest BCUT2D eigenvalue weighted by Crippen LogP contribution is -2.37. The second kappa shape index (κ2) is 75.1. The molecule has 0 aliphatic rings. The molecule has 0 aromatic carbocycles. The number of phosphoric ester groups is 2. The van der Waals surface area contributed by atoms with Crippen LogP contribution in [-0.4, -0.2) is 140 Å². The van der Waals surface area contributed by atoms with Gasteiger partial charge in [-0.1, -0.05) is 362 Å². The molecule has 0 aromatic rings. The zero-order valence-electron chi connectivity index (χ0n) is 69.6. The van der Waals surface area contributed by atoms with Gasteiger partial charge in [-0.25, -0.2) is 0 Å². The molecule has 0 saturated heterocycles. The van der Waals surface area contributed by atoms with Crippen LogP contribution in [0.5, 0.6) is 0 Å². The van der Waals surface area contributed by atoms with Gasteiger partial charge < -0.3 is 55.8 Å². The number of hydrogen-bond acceptors (Lipinski definition) is 16. The number of ether oxygens (including phenoxy) is 4. The molecule has 0 aliphatic heterocycles. The van der Waals surface area contributed by atoms with Crippen LogP contribution in [0.1, 0.15) is 413 Å². The fourth-order valence-electron chi connectivity index (χ4n) is 12.4. The Kier molecular flexibility index (Phi) is 75.1. The third-order valence-corrected chi connectivity index (χ3v) is 21.2. The van der Waals surface area contributed by atoms with Crippen molar-refractivity contribution in [1.29, 1.82) is 0 Å². The van der Waals surface area contributed by atoms with E-state index in [9.17, 15) is 38.1 Å². The molecule has 104 heavy (non-hydrogen) atoms. The lowest BCUT2D eigenvalue weighted by Gasteiger charge is -2.28. The summed E-state index contributed by atoms with van der Waals surface area (Å²) in [5.74, 6) is -1.64. The van der Waals surface area contributed by atoms with Crippen LogP contribution in [0.4, 0.5) is 0 Å². The number of phosphoric acid groups is 2. The van der Waals surface area contributed by atoms with Crippen molar-refractivity contribution in [3.63, 3.8) is 0 Å². The number of quaternary nitrogens is 2. The van der Waals surface area contributed by atoms with E-state index < -0.39 is 53.0 Å². The van der Waals surface area contributed by atoms with E-state index in [-0.39, 0.29) is 64.0 Å². The molecule has 620 valence electrons. The summed E-state index contributed by atoms with van der Waals surface area (Å²) < 4.78 is 67.7. The monoisotopic (exact) mass is 1520 g/mol. The second-order valence-corrected chi connectivity index (χ2v) is 35.0. The van der Waals surface area contributed by atoms with Crippen molar-refractivity contribution < 1.29 is 84.1 Å². The molecule has 0 bridgehead atoms. The highest BCUT2D eigenvalue weighted by Crippen LogP contribution is 2.39. The first-order chi connectivity index (χ1) is 50.0. The van der Waals surface area contributed by atoms with Crippen molar-refractivity contribution in [3.8, 4) is 0 Å². The molecule has 20 heteroatoms. The van der Waals surface area contributed by atoms with Crippen LogP contribution in [0.3, 0.4) is 0 Å². The Labute approximate surface area is 640 Å². The topological polar surface area (TPSA) is 222 Å². The lowest BCUT2D eigenvalue weighted by molar-refractivity contribution is -0.870. The van der Waals surface area contributed by atoms with Gasteiger partial charge in [-0.15, -0.1) is 0 Å². The van der Waals surface area contributed by atoms with E-state index in [4.69, 9.17) is 37.0 Å². The fourth-order valence-corrected chi connectivity index (χ4v) is 13.8. The number of esters is 4. The van der Waals surface area contributed by atoms with Gasteiger partial charge >= 0.3 is 23.9 Å². The minimum Gasteiger partial charge on any atom is -0.756 e. The van der Waals surface area contributed by atoms with Gasteiger partial charge in [0.2, 0.25) is 0 Å². The summed E-state index contributed by atoms with van der Waals surface area (Å²) in [5, 5.41) is 0. The molecule has 0 saturated carbocycles. The zero-order chi connectivity index (χ0) is 77.2. The van der Waals surface area contributed by atoms with Gasteiger partial charge in [0.25, 0.3) is 15.6 Å². The van der Waals surface area contributed by atoms with Crippen molar-refractivity contribution >= 4 is 39.5 Å². The van der Waals surface area contributed by atoms with Gasteiger partial charge in [0.1, 0.15) is 39.5 Å². The van der Waals surface area contributed by atoms with Crippen molar-refractivity contribution in [2.24, 2.45) is 0 Å². The summed E-state index contributed by atoms with van der Waals surface area (Å²) in [6, 6.07) is 0. The Bertz CT molecular complexity index is 1870. The maximum Gasteiger partial charge on any atom is 0.306 e. The number of hydrogen-bond donors (Lipinski definition) is 0. The van der Waals surface area contributed by atoms with Gasteiger partial charge in [-0.05, 0) is 25.7 Å². The van der Waals surface area contributed by atoms with Gasteiger partial charge in [0.15, 0.2) is 12.2 Å². The highest BCUT2D eigenvalue weighted by molar-refractivity contribution is 7.46. The number of likely N-dealkylation sites (N-methyl/N-ethyl adjacent to an activating group) is 2. The van der Waals surface area contributed by atoms with Crippen LogP contribution in [-0.2, 0) is 65.4 Å². The van der Waals surface area contributed by atoms with Crippen LogP contribution in [0.2, 0.25) is 0 Å². The van der Waals surface area contributed by atoms with E-state index in [1.54, 1.807) is 0 Å². The first-order valence-electron chi connectivity index (χ1n) is 43.5. The third-order valence-electron chi connectivity index (χ3n) is 19.3. The maximum absolute atomic E-state index is 12.6. The molecule has 0 aromatic heterocycles. The minimum atomic E-state index is -4.61. The van der Waals surface area contributed by atoms with Crippen molar-refractivity contribution in [1.82, 2.24) is 0 Å². The molecular formula is C84H168N2O16P2. The quantitative estimate of drug-likeness (QED) is 0.0181. The fraction of sp³-hybridized carbons (Fsp3) is 0.952. The van der Waals surface area contributed by atoms with E-state index in [0.717, 1.165) is 64.2 Å². The molecular weight excluding hydrogens is 1350 g/mol. The first-order valence-corrected chi connectivity index (χ1v) is 46.4. The minimum absolute atomic E-state index is 0.0258. The zero-order valence-corrected chi connectivity index (χ0v) is 71.3. The molecule has 0 radical (unpaired) electrons. The highest BCUT2D eigenvalue weighted by Gasteiger charge is 2.24. The molecule has 2 unspecified atom stereocenters. The van der Waals surface area contributed by atoms with Crippen LogP contribution in [0.15, 0.2) is 0 Å². The average molecular weight is 1520 g/mol. The molecule has 0 aliphatic carbocycles. The molecule has 18 nitrogen and oxygen atoms in total. The predicted molar refractivity (Wildman–Crippen MR) is 426 cm³/mol. The first kappa shape index (κ1) is 104. The molecule has 0 spiro atoms. The number of nitrogens with zero attached hydrogens (tertiary/aromatic N) is 2. The Morgan fingerprint density at radius 1 is 0.260 bits per heavy atom. The van der Waals surface area contributed by atoms with Gasteiger partial charge in [0, 0.05) is 25.7 Å². The molecule has 0 fully saturated rings. The van der Waals surface area contributed by atoms with E-state index in [1.165, 1.54) is 283 Å². The number of carbonyl (C=O) groups excluding carboxylic acids is 4. The van der Waals surface area contributed by atoms with Crippen molar-refractivity contribution in [3.05, 3.63) is 0 Å². The molecule has 0 heterocycles. The van der Waals surface area contributed by atoms with Crippen LogP contribution < -0.4 is 9.79 Å². The van der Waals surface area contributed by atoms with E-state index in [1.807, 2.05) is 42.3 Å². The van der Waals surface area contributed by atoms with Crippen LogP contribution >= 0.6 is 15.6 Å². The normalized spacial score (nSPS) is 13.6. The molecule has 0 N–H and O–H groups in total.